The minimum absolute atomic E-state index is 0.00514. The van der Waals surface area contributed by atoms with Gasteiger partial charge in [-0.1, -0.05) is 36.4 Å². The van der Waals surface area contributed by atoms with Crippen molar-refractivity contribution in [3.8, 4) is 11.3 Å². The molecule has 0 radical (unpaired) electrons. The second-order valence-corrected chi connectivity index (χ2v) is 6.48. The highest BCUT2D eigenvalue weighted by molar-refractivity contribution is 5.96. The number of nitro groups is 1. The number of aromatic nitrogens is 2. The molecule has 0 saturated heterocycles. The number of hydrogen-bond donors (Lipinski definition) is 2. The number of carbonyl (C=O) groups is 1. The molecule has 1 aliphatic carbocycles. The first kappa shape index (κ1) is 18.3. The highest BCUT2D eigenvalue weighted by Crippen LogP contribution is 2.33. The maximum Gasteiger partial charge on any atom is 0.289 e. The lowest BCUT2D eigenvalue weighted by atomic mass is 9.89. The zero-order valence-electron chi connectivity index (χ0n) is 15.3. The van der Waals surface area contributed by atoms with Crippen LogP contribution in [0.4, 0.5) is 5.69 Å². The fraction of sp³-hybridized carbons (Fsp3) is 0.0952. The number of allylic oxidation sites excluding steroid dienone is 1. The van der Waals surface area contributed by atoms with E-state index < -0.39 is 4.92 Å². The highest BCUT2D eigenvalue weighted by atomic mass is 16.6. The van der Waals surface area contributed by atoms with E-state index in [4.69, 9.17) is 0 Å². The van der Waals surface area contributed by atoms with Gasteiger partial charge in [0.25, 0.3) is 11.6 Å². The number of amides is 1. The van der Waals surface area contributed by atoms with Gasteiger partial charge in [0.05, 0.1) is 16.2 Å². The Hall–Kier alpha value is -4.07. The van der Waals surface area contributed by atoms with E-state index in [2.05, 4.69) is 26.8 Å². The first-order valence-electron chi connectivity index (χ1n) is 9.04. The molecule has 0 unspecified atom stereocenters. The molecule has 2 aromatic carbocycles. The molecule has 2 N–H and O–H groups in total. The van der Waals surface area contributed by atoms with Gasteiger partial charge in [0, 0.05) is 23.4 Å². The van der Waals surface area contributed by atoms with Crippen molar-refractivity contribution >= 4 is 23.9 Å². The Morgan fingerprint density at radius 3 is 2.83 bits per heavy atom. The Morgan fingerprint density at radius 2 is 1.97 bits per heavy atom. The standard InChI is InChI=1S/C21H17N5O3/c27-21(25-22-13-5-8-15-7-2-4-10-18(15)26(28)29)20-17-12-11-14-6-1-3-9-16(14)19(17)23-24-20/h1-10,13H,11-12H2,(H,23,24)(H,25,27)/b8-5+,22-13+. The van der Waals surface area contributed by atoms with E-state index in [0.717, 1.165) is 29.7 Å². The van der Waals surface area contributed by atoms with Crippen molar-refractivity contribution in [3.63, 3.8) is 0 Å². The van der Waals surface area contributed by atoms with Gasteiger partial charge in [-0.05, 0) is 36.6 Å². The fourth-order valence-corrected chi connectivity index (χ4v) is 3.38. The molecule has 0 bridgehead atoms. The van der Waals surface area contributed by atoms with Crippen molar-refractivity contribution in [3.05, 3.63) is 87.1 Å². The third kappa shape index (κ3) is 3.68. The van der Waals surface area contributed by atoms with Crippen molar-refractivity contribution in [2.45, 2.75) is 12.8 Å². The second-order valence-electron chi connectivity index (χ2n) is 6.48. The number of nitrogens with one attached hydrogen (secondary N) is 2. The Balaban J connectivity index is 1.44. The summed E-state index contributed by atoms with van der Waals surface area (Å²) in [6.45, 7) is 0. The normalized spacial score (nSPS) is 12.7. The Bertz CT molecular complexity index is 1150. The molecular formula is C21H17N5O3. The van der Waals surface area contributed by atoms with Gasteiger partial charge in [0.1, 0.15) is 5.69 Å². The summed E-state index contributed by atoms with van der Waals surface area (Å²) in [6.07, 6.45) is 6.04. The van der Waals surface area contributed by atoms with Crippen LogP contribution in [0, 0.1) is 10.1 Å². The molecule has 1 aliphatic rings. The zero-order valence-corrected chi connectivity index (χ0v) is 15.3. The van der Waals surface area contributed by atoms with Crippen LogP contribution in [0.3, 0.4) is 0 Å². The number of hydrogen-bond acceptors (Lipinski definition) is 5. The third-order valence-corrected chi connectivity index (χ3v) is 4.75. The summed E-state index contributed by atoms with van der Waals surface area (Å²) in [4.78, 5) is 23.0. The highest BCUT2D eigenvalue weighted by Gasteiger charge is 2.24. The lowest BCUT2D eigenvalue weighted by Crippen LogP contribution is -2.20. The SMILES string of the molecule is O=C(N/N=C/C=C/c1ccccc1[N+](=O)[O-])c1[nH]nc2c1CCc1ccccc1-2. The third-order valence-electron chi connectivity index (χ3n) is 4.75. The lowest BCUT2D eigenvalue weighted by molar-refractivity contribution is -0.385. The van der Waals surface area contributed by atoms with Gasteiger partial charge in [-0.15, -0.1) is 0 Å². The molecule has 29 heavy (non-hydrogen) atoms. The van der Waals surface area contributed by atoms with Gasteiger partial charge in [0.15, 0.2) is 0 Å². The molecule has 0 atom stereocenters. The minimum Gasteiger partial charge on any atom is -0.272 e. The molecule has 0 spiro atoms. The number of rotatable bonds is 5. The largest absolute Gasteiger partial charge is 0.289 e. The van der Waals surface area contributed by atoms with Crippen molar-refractivity contribution in [1.82, 2.24) is 15.6 Å². The molecule has 1 heterocycles. The van der Waals surface area contributed by atoms with Gasteiger partial charge in [-0.25, -0.2) is 5.43 Å². The molecular weight excluding hydrogens is 370 g/mol. The van der Waals surface area contributed by atoms with Gasteiger partial charge < -0.3 is 0 Å². The van der Waals surface area contributed by atoms with Crippen LogP contribution in [0.25, 0.3) is 17.3 Å². The van der Waals surface area contributed by atoms with E-state index in [0.29, 0.717) is 11.3 Å². The number of nitro benzene ring substituents is 1. The molecule has 4 rings (SSSR count). The number of aryl methyl sites for hydroxylation is 1. The van der Waals surface area contributed by atoms with Crippen LogP contribution in [0.2, 0.25) is 0 Å². The van der Waals surface area contributed by atoms with Gasteiger partial charge in [0.2, 0.25) is 0 Å². The van der Waals surface area contributed by atoms with Crippen molar-refractivity contribution in [1.29, 1.82) is 0 Å². The van der Waals surface area contributed by atoms with Crippen LogP contribution < -0.4 is 5.43 Å². The molecule has 8 nitrogen and oxygen atoms in total. The second kappa shape index (κ2) is 7.89. The average molecular weight is 387 g/mol. The first-order valence-corrected chi connectivity index (χ1v) is 9.04. The Kier molecular flexibility index (Phi) is 4.98. The number of nitrogens with zero attached hydrogens (tertiary/aromatic N) is 3. The van der Waals surface area contributed by atoms with Crippen LogP contribution in [0.15, 0.2) is 59.7 Å². The number of hydrazone groups is 1. The Labute approximate surface area is 166 Å². The van der Waals surface area contributed by atoms with Crippen LogP contribution in [-0.2, 0) is 12.8 Å². The Morgan fingerprint density at radius 1 is 1.17 bits per heavy atom. The summed E-state index contributed by atoms with van der Waals surface area (Å²) >= 11 is 0. The molecule has 0 saturated carbocycles. The zero-order chi connectivity index (χ0) is 20.2. The average Bonchev–Trinajstić information content (AvgIpc) is 3.18. The summed E-state index contributed by atoms with van der Waals surface area (Å²) in [7, 11) is 0. The van der Waals surface area contributed by atoms with E-state index in [1.54, 1.807) is 24.3 Å². The number of carbonyl (C=O) groups excluding carboxylic acids is 1. The van der Waals surface area contributed by atoms with Gasteiger partial charge >= 0.3 is 0 Å². The molecule has 0 aliphatic heterocycles. The summed E-state index contributed by atoms with van der Waals surface area (Å²) in [5, 5.41) is 22.0. The van der Waals surface area contributed by atoms with Crippen molar-refractivity contribution in [2.75, 3.05) is 0 Å². The summed E-state index contributed by atoms with van der Waals surface area (Å²) in [6, 6.07) is 14.4. The number of aromatic amines is 1. The lowest BCUT2D eigenvalue weighted by Gasteiger charge is -2.15. The van der Waals surface area contributed by atoms with E-state index in [1.807, 2.05) is 18.2 Å². The molecule has 1 aromatic heterocycles. The van der Waals surface area contributed by atoms with Gasteiger partial charge in [-0.2, -0.15) is 10.2 Å². The summed E-state index contributed by atoms with van der Waals surface area (Å²) in [5.74, 6) is -0.381. The summed E-state index contributed by atoms with van der Waals surface area (Å²) in [5.41, 5.74) is 7.26. The quantitative estimate of drug-likeness (QED) is 0.396. The molecule has 0 fully saturated rings. The number of benzene rings is 2. The number of fused-ring (bicyclic) bond motifs is 3. The molecule has 144 valence electrons. The molecule has 8 heteroatoms. The monoisotopic (exact) mass is 387 g/mol. The summed E-state index contributed by atoms with van der Waals surface area (Å²) < 4.78 is 0. The van der Waals surface area contributed by atoms with Crippen LogP contribution in [0.5, 0.6) is 0 Å². The topological polar surface area (TPSA) is 113 Å². The van der Waals surface area contributed by atoms with Gasteiger partial charge in [-0.3, -0.25) is 20.0 Å². The number of H-pyrrole nitrogens is 1. The van der Waals surface area contributed by atoms with Crippen LogP contribution >= 0.6 is 0 Å². The van der Waals surface area contributed by atoms with Crippen molar-refractivity contribution < 1.29 is 9.72 Å². The predicted octanol–water partition coefficient (Wildman–Crippen LogP) is 3.51. The van der Waals surface area contributed by atoms with E-state index in [1.165, 1.54) is 23.9 Å². The maximum absolute atomic E-state index is 12.5. The minimum atomic E-state index is -0.446. The predicted molar refractivity (Wildman–Crippen MR) is 110 cm³/mol. The van der Waals surface area contributed by atoms with E-state index in [9.17, 15) is 14.9 Å². The van der Waals surface area contributed by atoms with Crippen LogP contribution in [-0.4, -0.2) is 27.2 Å². The van der Waals surface area contributed by atoms with Crippen LogP contribution in [0.1, 0.15) is 27.2 Å². The van der Waals surface area contributed by atoms with E-state index in [-0.39, 0.29) is 11.6 Å². The fourth-order valence-electron chi connectivity index (χ4n) is 3.38. The maximum atomic E-state index is 12.5. The molecule has 1 amide bonds. The first-order chi connectivity index (χ1) is 14.1. The van der Waals surface area contributed by atoms with Crippen molar-refractivity contribution in [2.24, 2.45) is 5.10 Å². The van der Waals surface area contributed by atoms with E-state index >= 15 is 0 Å². The molecule has 3 aromatic rings. The smallest absolute Gasteiger partial charge is 0.272 e. The number of para-hydroxylation sites is 1.